The Hall–Kier alpha value is -4.92. The third-order valence-corrected chi connectivity index (χ3v) is 6.38. The summed E-state index contributed by atoms with van der Waals surface area (Å²) >= 11 is 0. The van der Waals surface area contributed by atoms with E-state index in [1.807, 2.05) is 36.4 Å². The second-order valence-electron chi connectivity index (χ2n) is 9.05. The van der Waals surface area contributed by atoms with Crippen molar-refractivity contribution in [2.24, 2.45) is 0 Å². The lowest BCUT2D eigenvalue weighted by molar-refractivity contribution is -0.116. The maximum Gasteiger partial charge on any atom is 0.224 e. The van der Waals surface area contributed by atoms with Crippen LogP contribution in [0, 0.1) is 5.82 Å². The van der Waals surface area contributed by atoms with Gasteiger partial charge in [-0.25, -0.2) is 14.4 Å². The molecule has 0 spiro atoms. The van der Waals surface area contributed by atoms with E-state index >= 15 is 0 Å². The Kier molecular flexibility index (Phi) is 6.09. The Balaban J connectivity index is 1.38. The van der Waals surface area contributed by atoms with Gasteiger partial charge in [0, 0.05) is 29.3 Å². The Labute approximate surface area is 217 Å². The predicted molar refractivity (Wildman–Crippen MR) is 146 cm³/mol. The summed E-state index contributed by atoms with van der Waals surface area (Å²) in [4.78, 5) is 29.4. The van der Waals surface area contributed by atoms with Crippen LogP contribution in [-0.4, -0.2) is 36.0 Å². The first-order chi connectivity index (χ1) is 18.6. The number of nitrogens with one attached hydrogen (secondary N) is 3. The van der Waals surface area contributed by atoms with E-state index in [1.165, 1.54) is 6.07 Å². The number of carbonyl (C=O) groups is 1. The fourth-order valence-corrected chi connectivity index (χ4v) is 4.48. The molecule has 2 aromatic carbocycles. The molecule has 0 unspecified atom stereocenters. The molecule has 38 heavy (non-hydrogen) atoms. The summed E-state index contributed by atoms with van der Waals surface area (Å²) in [6, 6.07) is 17.9. The third-order valence-electron chi connectivity index (χ3n) is 6.38. The average molecular weight is 506 g/mol. The van der Waals surface area contributed by atoms with E-state index < -0.39 is 0 Å². The number of benzene rings is 2. The van der Waals surface area contributed by atoms with Gasteiger partial charge >= 0.3 is 0 Å². The largest absolute Gasteiger partial charge is 0.336 e. The number of H-pyrrole nitrogens is 2. The van der Waals surface area contributed by atoms with Crippen LogP contribution in [-0.2, 0) is 4.79 Å². The van der Waals surface area contributed by atoms with E-state index in [4.69, 9.17) is 9.97 Å². The SMILES string of the molecule is CCCCC(=O)Nc1cncc(-c2ccc3[nH]nc(-c4nc5c(-c6ccccc6F)cccc5[nH]4)c3n2)c1. The van der Waals surface area contributed by atoms with Crippen molar-refractivity contribution in [2.75, 3.05) is 5.32 Å². The van der Waals surface area contributed by atoms with Crippen molar-refractivity contribution in [1.82, 2.24) is 30.1 Å². The highest BCUT2D eigenvalue weighted by Gasteiger charge is 2.18. The maximum atomic E-state index is 14.6. The van der Waals surface area contributed by atoms with E-state index in [2.05, 4.69) is 32.4 Å². The van der Waals surface area contributed by atoms with Crippen LogP contribution in [0.4, 0.5) is 10.1 Å². The molecule has 0 saturated carbocycles. The van der Waals surface area contributed by atoms with Gasteiger partial charge in [0.1, 0.15) is 11.3 Å². The molecule has 6 rings (SSSR count). The molecular formula is C29H24FN7O. The van der Waals surface area contributed by atoms with Crippen LogP contribution in [0.15, 0.2) is 73.1 Å². The number of halogens is 1. The molecule has 0 atom stereocenters. The molecule has 1 amide bonds. The van der Waals surface area contributed by atoms with E-state index in [9.17, 15) is 9.18 Å². The quantitative estimate of drug-likeness (QED) is 0.229. The van der Waals surface area contributed by atoms with Crippen LogP contribution in [0.3, 0.4) is 0 Å². The molecule has 3 N–H and O–H groups in total. The van der Waals surface area contributed by atoms with Crippen molar-refractivity contribution in [3.63, 3.8) is 0 Å². The van der Waals surface area contributed by atoms with Gasteiger partial charge in [-0.2, -0.15) is 5.10 Å². The zero-order valence-corrected chi connectivity index (χ0v) is 20.6. The molecule has 6 aromatic rings. The highest BCUT2D eigenvalue weighted by molar-refractivity contribution is 5.96. The zero-order valence-electron chi connectivity index (χ0n) is 20.6. The highest BCUT2D eigenvalue weighted by Crippen LogP contribution is 2.33. The van der Waals surface area contributed by atoms with Crippen LogP contribution >= 0.6 is 0 Å². The van der Waals surface area contributed by atoms with Gasteiger partial charge in [0.15, 0.2) is 11.5 Å². The molecule has 4 aromatic heterocycles. The summed E-state index contributed by atoms with van der Waals surface area (Å²) in [6.45, 7) is 2.05. The number of fused-ring (bicyclic) bond motifs is 2. The number of para-hydroxylation sites is 1. The minimum absolute atomic E-state index is 0.0361. The molecule has 8 nitrogen and oxygen atoms in total. The Morgan fingerprint density at radius 3 is 2.68 bits per heavy atom. The zero-order chi connectivity index (χ0) is 26.1. The van der Waals surface area contributed by atoms with Crippen molar-refractivity contribution >= 4 is 33.7 Å². The molecular weight excluding hydrogens is 481 g/mol. The first kappa shape index (κ1) is 23.5. The Morgan fingerprint density at radius 1 is 0.947 bits per heavy atom. The Morgan fingerprint density at radius 2 is 1.82 bits per heavy atom. The number of amides is 1. The first-order valence-corrected chi connectivity index (χ1v) is 12.4. The van der Waals surface area contributed by atoms with E-state index in [-0.39, 0.29) is 11.7 Å². The van der Waals surface area contributed by atoms with Crippen LogP contribution < -0.4 is 5.32 Å². The number of aromatic nitrogens is 6. The fourth-order valence-electron chi connectivity index (χ4n) is 4.48. The van der Waals surface area contributed by atoms with Gasteiger partial charge in [-0.05, 0) is 36.8 Å². The van der Waals surface area contributed by atoms with Gasteiger partial charge in [0.25, 0.3) is 0 Å². The molecule has 9 heteroatoms. The van der Waals surface area contributed by atoms with Crippen molar-refractivity contribution < 1.29 is 9.18 Å². The van der Waals surface area contributed by atoms with Crippen LogP contribution in [0.2, 0.25) is 0 Å². The second kappa shape index (κ2) is 9.85. The summed E-state index contributed by atoms with van der Waals surface area (Å²) in [5.74, 6) is 0.180. The molecule has 188 valence electrons. The van der Waals surface area contributed by atoms with Crippen molar-refractivity contribution in [3.8, 4) is 33.9 Å². The van der Waals surface area contributed by atoms with Crippen LogP contribution in [0.5, 0.6) is 0 Å². The smallest absolute Gasteiger partial charge is 0.224 e. The molecule has 0 fully saturated rings. The molecule has 0 aliphatic rings. The van der Waals surface area contributed by atoms with Crippen molar-refractivity contribution in [2.45, 2.75) is 26.2 Å². The highest BCUT2D eigenvalue weighted by atomic mass is 19.1. The number of imidazole rings is 1. The third kappa shape index (κ3) is 4.39. The monoisotopic (exact) mass is 505 g/mol. The number of unbranched alkanes of at least 4 members (excludes halogenated alkanes) is 1. The summed E-state index contributed by atoms with van der Waals surface area (Å²) in [5.41, 5.74) is 6.59. The number of anilines is 1. The molecule has 0 saturated heterocycles. The van der Waals surface area contributed by atoms with Crippen molar-refractivity contribution in [1.29, 1.82) is 0 Å². The van der Waals surface area contributed by atoms with Gasteiger partial charge in [0.2, 0.25) is 5.91 Å². The van der Waals surface area contributed by atoms with Gasteiger partial charge in [-0.15, -0.1) is 0 Å². The number of aromatic amines is 2. The topological polar surface area (TPSA) is 112 Å². The van der Waals surface area contributed by atoms with Gasteiger partial charge in [-0.3, -0.25) is 14.9 Å². The number of nitrogens with zero attached hydrogens (tertiary/aromatic N) is 4. The standard InChI is InChI=1S/C29H24FN7O/c1-2-3-11-25(38)32-18-14-17(15-31-16-18)22-12-13-24-27(33-22)28(37-36-24)29-34-23-10-6-8-20(26(23)35-29)19-7-4-5-9-21(19)30/h4-10,12-16H,2-3,11H2,1H3,(H,32,38)(H,34,35)(H,36,37). The summed E-state index contributed by atoms with van der Waals surface area (Å²) in [5, 5.41) is 10.4. The minimum Gasteiger partial charge on any atom is -0.336 e. The molecule has 0 aliphatic carbocycles. The lowest BCUT2D eigenvalue weighted by Gasteiger charge is -2.07. The summed E-state index contributed by atoms with van der Waals surface area (Å²) in [6.07, 6.45) is 5.59. The summed E-state index contributed by atoms with van der Waals surface area (Å²) in [7, 11) is 0. The normalized spacial score (nSPS) is 11.3. The van der Waals surface area contributed by atoms with Crippen LogP contribution in [0.1, 0.15) is 26.2 Å². The van der Waals surface area contributed by atoms with E-state index in [0.717, 1.165) is 29.4 Å². The van der Waals surface area contributed by atoms with E-state index in [1.54, 1.807) is 30.6 Å². The van der Waals surface area contributed by atoms with Gasteiger partial charge in [-0.1, -0.05) is 43.7 Å². The molecule has 0 aliphatic heterocycles. The molecule has 0 bridgehead atoms. The molecule has 4 heterocycles. The maximum absolute atomic E-state index is 14.6. The second-order valence-corrected chi connectivity index (χ2v) is 9.05. The predicted octanol–water partition coefficient (Wildman–Crippen LogP) is 6.50. The lowest BCUT2D eigenvalue weighted by atomic mass is 10.0. The van der Waals surface area contributed by atoms with E-state index in [0.29, 0.717) is 51.5 Å². The number of rotatable bonds is 7. The Bertz CT molecular complexity index is 1790. The number of pyridine rings is 2. The van der Waals surface area contributed by atoms with Crippen LogP contribution in [0.25, 0.3) is 56.0 Å². The van der Waals surface area contributed by atoms with Gasteiger partial charge in [0.05, 0.1) is 34.1 Å². The minimum atomic E-state index is -0.307. The average Bonchev–Trinajstić information content (AvgIpc) is 3.56. The number of carbonyl (C=O) groups excluding carboxylic acids is 1. The first-order valence-electron chi connectivity index (χ1n) is 12.4. The molecule has 0 radical (unpaired) electrons. The summed E-state index contributed by atoms with van der Waals surface area (Å²) < 4.78 is 14.6. The van der Waals surface area contributed by atoms with Crippen molar-refractivity contribution in [3.05, 3.63) is 78.9 Å². The number of hydrogen-bond acceptors (Lipinski definition) is 5. The lowest BCUT2D eigenvalue weighted by Crippen LogP contribution is -2.11. The fraction of sp³-hybridized carbons (Fsp3) is 0.138. The number of hydrogen-bond donors (Lipinski definition) is 3. The van der Waals surface area contributed by atoms with Gasteiger partial charge < -0.3 is 10.3 Å².